The summed E-state index contributed by atoms with van der Waals surface area (Å²) in [5, 5.41) is 1.00. The number of rotatable bonds is 2. The minimum atomic E-state index is 0.0144. The second kappa shape index (κ2) is 6.55. The van der Waals surface area contributed by atoms with Gasteiger partial charge in [0.1, 0.15) is 0 Å². The van der Waals surface area contributed by atoms with Gasteiger partial charge in [-0.15, -0.1) is 0 Å². The van der Waals surface area contributed by atoms with E-state index in [2.05, 4.69) is 12.1 Å². The fourth-order valence-electron chi connectivity index (χ4n) is 2.57. The average molecular weight is 332 g/mol. The standard InChI is InChI=1S/C18H15Cl2NO/c19-16-7-5-13(11-17(16)20)6-8-18(22)21-10-9-14-3-1-2-4-15(14)12-21/h1-8,11H,9-10,12H2/b8-6+. The van der Waals surface area contributed by atoms with Crippen LogP contribution >= 0.6 is 23.2 Å². The highest BCUT2D eigenvalue weighted by molar-refractivity contribution is 6.42. The number of carbonyl (C=O) groups excluding carboxylic acids is 1. The topological polar surface area (TPSA) is 20.3 Å². The quantitative estimate of drug-likeness (QED) is 0.737. The number of amides is 1. The Morgan fingerprint density at radius 3 is 2.59 bits per heavy atom. The summed E-state index contributed by atoms with van der Waals surface area (Å²) in [6.07, 6.45) is 4.26. The molecule has 0 aromatic heterocycles. The van der Waals surface area contributed by atoms with E-state index < -0.39 is 0 Å². The van der Waals surface area contributed by atoms with Crippen LogP contribution in [0.2, 0.25) is 10.0 Å². The maximum absolute atomic E-state index is 12.3. The van der Waals surface area contributed by atoms with Crippen molar-refractivity contribution >= 4 is 35.2 Å². The van der Waals surface area contributed by atoms with Crippen LogP contribution in [0, 0.1) is 0 Å². The van der Waals surface area contributed by atoms with Crippen LogP contribution in [0.25, 0.3) is 6.08 Å². The van der Waals surface area contributed by atoms with E-state index in [9.17, 15) is 4.79 Å². The van der Waals surface area contributed by atoms with Crippen LogP contribution in [-0.2, 0) is 17.8 Å². The molecule has 2 aromatic rings. The van der Waals surface area contributed by atoms with Gasteiger partial charge in [-0.05, 0) is 41.3 Å². The summed E-state index contributed by atoms with van der Waals surface area (Å²) >= 11 is 11.9. The van der Waals surface area contributed by atoms with Gasteiger partial charge in [0, 0.05) is 19.2 Å². The second-order valence-corrected chi connectivity index (χ2v) is 6.10. The zero-order chi connectivity index (χ0) is 15.5. The Balaban J connectivity index is 1.70. The third-order valence-corrected chi connectivity index (χ3v) is 4.54. The predicted molar refractivity (Wildman–Crippen MR) is 91.1 cm³/mol. The van der Waals surface area contributed by atoms with Crippen molar-refractivity contribution in [3.05, 3.63) is 75.3 Å². The summed E-state index contributed by atoms with van der Waals surface area (Å²) in [5.41, 5.74) is 3.42. The summed E-state index contributed by atoms with van der Waals surface area (Å²) in [5.74, 6) is 0.0144. The molecule has 0 N–H and O–H groups in total. The van der Waals surface area contributed by atoms with E-state index in [0.29, 0.717) is 16.6 Å². The lowest BCUT2D eigenvalue weighted by molar-refractivity contribution is -0.126. The fraction of sp³-hybridized carbons (Fsp3) is 0.167. The van der Waals surface area contributed by atoms with Crippen molar-refractivity contribution in [2.24, 2.45) is 0 Å². The van der Waals surface area contributed by atoms with Crippen LogP contribution in [0.5, 0.6) is 0 Å². The third kappa shape index (κ3) is 3.34. The molecule has 1 aliphatic rings. The lowest BCUT2D eigenvalue weighted by Crippen LogP contribution is -2.34. The molecule has 4 heteroatoms. The van der Waals surface area contributed by atoms with Crippen LogP contribution in [0.3, 0.4) is 0 Å². The Labute approximate surface area is 140 Å². The second-order valence-electron chi connectivity index (χ2n) is 5.29. The first kappa shape index (κ1) is 15.1. The zero-order valence-electron chi connectivity index (χ0n) is 11.9. The Morgan fingerprint density at radius 1 is 1.05 bits per heavy atom. The minimum Gasteiger partial charge on any atom is -0.334 e. The molecule has 0 unspecified atom stereocenters. The highest BCUT2D eigenvalue weighted by Gasteiger charge is 2.18. The summed E-state index contributed by atoms with van der Waals surface area (Å²) in [7, 11) is 0. The number of fused-ring (bicyclic) bond motifs is 1. The van der Waals surface area contributed by atoms with Gasteiger partial charge in [0.05, 0.1) is 10.0 Å². The first-order valence-electron chi connectivity index (χ1n) is 7.12. The van der Waals surface area contributed by atoms with Gasteiger partial charge >= 0.3 is 0 Å². The van der Waals surface area contributed by atoms with Crippen LogP contribution < -0.4 is 0 Å². The van der Waals surface area contributed by atoms with E-state index in [-0.39, 0.29) is 5.91 Å². The summed E-state index contributed by atoms with van der Waals surface area (Å²) in [6.45, 7) is 1.42. The molecular weight excluding hydrogens is 317 g/mol. The van der Waals surface area contributed by atoms with Crippen molar-refractivity contribution in [3.8, 4) is 0 Å². The zero-order valence-corrected chi connectivity index (χ0v) is 13.4. The van der Waals surface area contributed by atoms with E-state index in [1.165, 1.54) is 11.1 Å². The lowest BCUT2D eigenvalue weighted by atomic mass is 10.00. The first-order chi connectivity index (χ1) is 10.6. The maximum Gasteiger partial charge on any atom is 0.246 e. The number of nitrogens with zero attached hydrogens (tertiary/aromatic N) is 1. The molecule has 1 aliphatic heterocycles. The van der Waals surface area contributed by atoms with Crippen molar-refractivity contribution in [2.75, 3.05) is 6.54 Å². The van der Waals surface area contributed by atoms with E-state index in [1.54, 1.807) is 24.3 Å². The van der Waals surface area contributed by atoms with E-state index in [0.717, 1.165) is 18.5 Å². The molecule has 0 radical (unpaired) electrons. The smallest absolute Gasteiger partial charge is 0.246 e. The molecule has 0 bridgehead atoms. The summed E-state index contributed by atoms with van der Waals surface area (Å²) in [4.78, 5) is 14.2. The molecule has 112 valence electrons. The van der Waals surface area contributed by atoms with Gasteiger partial charge in [0.15, 0.2) is 0 Å². The minimum absolute atomic E-state index is 0.0144. The predicted octanol–water partition coefficient (Wildman–Crippen LogP) is 4.59. The van der Waals surface area contributed by atoms with Crippen molar-refractivity contribution < 1.29 is 4.79 Å². The average Bonchev–Trinajstić information content (AvgIpc) is 2.55. The van der Waals surface area contributed by atoms with Crippen LogP contribution in [0.4, 0.5) is 0 Å². The molecule has 1 amide bonds. The number of hydrogen-bond donors (Lipinski definition) is 0. The van der Waals surface area contributed by atoms with Gasteiger partial charge in [-0.2, -0.15) is 0 Å². The van der Waals surface area contributed by atoms with Gasteiger partial charge in [-0.1, -0.05) is 53.5 Å². The number of hydrogen-bond acceptors (Lipinski definition) is 1. The number of carbonyl (C=O) groups is 1. The number of benzene rings is 2. The Hall–Kier alpha value is -1.77. The summed E-state index contributed by atoms with van der Waals surface area (Å²) < 4.78 is 0. The van der Waals surface area contributed by atoms with Crippen molar-refractivity contribution in [1.82, 2.24) is 4.90 Å². The number of halogens is 2. The molecule has 3 rings (SSSR count). The van der Waals surface area contributed by atoms with Crippen LogP contribution in [0.15, 0.2) is 48.5 Å². The fourth-order valence-corrected chi connectivity index (χ4v) is 2.88. The molecule has 1 heterocycles. The highest BCUT2D eigenvalue weighted by atomic mass is 35.5. The summed E-state index contributed by atoms with van der Waals surface area (Å²) in [6, 6.07) is 13.6. The van der Waals surface area contributed by atoms with Gasteiger partial charge in [-0.3, -0.25) is 4.79 Å². The SMILES string of the molecule is O=C(/C=C/c1ccc(Cl)c(Cl)c1)N1CCc2ccccc2C1. The molecule has 0 aliphatic carbocycles. The maximum atomic E-state index is 12.3. The normalized spacial score (nSPS) is 14.2. The molecule has 0 fully saturated rings. The molecular formula is C18H15Cl2NO. The first-order valence-corrected chi connectivity index (χ1v) is 7.88. The van der Waals surface area contributed by atoms with Gasteiger partial charge < -0.3 is 4.90 Å². The Morgan fingerprint density at radius 2 is 1.82 bits per heavy atom. The van der Waals surface area contributed by atoms with E-state index >= 15 is 0 Å². The molecule has 2 nitrogen and oxygen atoms in total. The monoisotopic (exact) mass is 331 g/mol. The molecule has 0 saturated carbocycles. The Kier molecular flexibility index (Phi) is 4.51. The van der Waals surface area contributed by atoms with Crippen molar-refractivity contribution in [3.63, 3.8) is 0 Å². The molecule has 0 spiro atoms. The largest absolute Gasteiger partial charge is 0.334 e. The van der Waals surface area contributed by atoms with Crippen LogP contribution in [0.1, 0.15) is 16.7 Å². The van der Waals surface area contributed by atoms with Gasteiger partial charge in [0.2, 0.25) is 5.91 Å². The third-order valence-electron chi connectivity index (χ3n) is 3.80. The van der Waals surface area contributed by atoms with Crippen LogP contribution in [-0.4, -0.2) is 17.4 Å². The Bertz CT molecular complexity index is 740. The van der Waals surface area contributed by atoms with Gasteiger partial charge in [-0.25, -0.2) is 0 Å². The molecule has 0 saturated heterocycles. The molecule has 0 atom stereocenters. The van der Waals surface area contributed by atoms with E-state index in [1.807, 2.05) is 23.1 Å². The van der Waals surface area contributed by atoms with Gasteiger partial charge in [0.25, 0.3) is 0 Å². The highest BCUT2D eigenvalue weighted by Crippen LogP contribution is 2.23. The van der Waals surface area contributed by atoms with E-state index in [4.69, 9.17) is 23.2 Å². The molecule has 2 aromatic carbocycles. The van der Waals surface area contributed by atoms with Crippen molar-refractivity contribution in [2.45, 2.75) is 13.0 Å². The molecule has 22 heavy (non-hydrogen) atoms. The lowest BCUT2D eigenvalue weighted by Gasteiger charge is -2.27. The van der Waals surface area contributed by atoms with Crippen molar-refractivity contribution in [1.29, 1.82) is 0 Å².